The Labute approximate surface area is 155 Å². The molecule has 0 saturated carbocycles. The smallest absolute Gasteiger partial charge is 0.292 e. The minimum absolute atomic E-state index is 0.0840. The first-order valence-corrected chi connectivity index (χ1v) is 8.34. The number of anilines is 3. The predicted octanol–water partition coefficient (Wildman–Crippen LogP) is 4.88. The van der Waals surface area contributed by atoms with Crippen molar-refractivity contribution >= 4 is 34.7 Å². The van der Waals surface area contributed by atoms with E-state index in [1.54, 1.807) is 6.07 Å². The van der Waals surface area contributed by atoms with Crippen molar-refractivity contribution < 1.29 is 4.92 Å². The topological polar surface area (TPSA) is 93.0 Å². The van der Waals surface area contributed by atoms with Crippen molar-refractivity contribution in [1.29, 1.82) is 0 Å². The fourth-order valence-electron chi connectivity index (χ4n) is 2.41. The molecular weight excluding hydrogens is 354 g/mol. The molecule has 26 heavy (non-hydrogen) atoms. The Morgan fingerprint density at radius 2 is 1.88 bits per heavy atom. The van der Waals surface area contributed by atoms with Crippen molar-refractivity contribution in [3.8, 4) is 11.3 Å². The molecule has 0 spiro atoms. The number of nitrogens with one attached hydrogen (secondary N) is 2. The summed E-state index contributed by atoms with van der Waals surface area (Å²) in [5.41, 5.74) is 1.79. The van der Waals surface area contributed by atoms with E-state index in [2.05, 4.69) is 20.6 Å². The van der Waals surface area contributed by atoms with E-state index in [4.69, 9.17) is 11.6 Å². The number of nitro groups is 1. The second kappa shape index (κ2) is 7.79. The fourth-order valence-corrected chi connectivity index (χ4v) is 2.58. The van der Waals surface area contributed by atoms with Crippen molar-refractivity contribution in [1.82, 2.24) is 9.97 Å². The van der Waals surface area contributed by atoms with E-state index in [9.17, 15) is 10.1 Å². The Morgan fingerprint density at radius 3 is 2.58 bits per heavy atom. The lowest BCUT2D eigenvalue weighted by molar-refractivity contribution is -0.383. The molecule has 2 aromatic carbocycles. The molecule has 0 aliphatic heterocycles. The van der Waals surface area contributed by atoms with Gasteiger partial charge >= 0.3 is 0 Å². The van der Waals surface area contributed by atoms with Gasteiger partial charge in [-0.15, -0.1) is 0 Å². The summed E-state index contributed by atoms with van der Waals surface area (Å²) in [6.45, 7) is 2.59. The summed E-state index contributed by atoms with van der Waals surface area (Å²) in [6, 6.07) is 15.7. The van der Waals surface area contributed by atoms with Crippen LogP contribution in [0.25, 0.3) is 11.3 Å². The number of hydrogen-bond donors (Lipinski definition) is 2. The van der Waals surface area contributed by atoms with Crippen molar-refractivity contribution in [3.05, 3.63) is 69.7 Å². The number of benzene rings is 2. The fraction of sp³-hybridized carbons (Fsp3) is 0.111. The molecule has 1 aromatic heterocycles. The van der Waals surface area contributed by atoms with Crippen LogP contribution in [-0.4, -0.2) is 21.4 Å². The average molecular weight is 370 g/mol. The first-order valence-electron chi connectivity index (χ1n) is 7.96. The Hall–Kier alpha value is -3.19. The molecule has 0 aliphatic carbocycles. The van der Waals surface area contributed by atoms with Crippen LogP contribution in [0.15, 0.2) is 54.6 Å². The molecule has 0 bridgehead atoms. The number of nitro benzene ring substituents is 1. The van der Waals surface area contributed by atoms with Crippen LogP contribution in [0.4, 0.5) is 23.1 Å². The SMILES string of the molecule is CCNc1nc(Nc2cc(Cl)ccc2[N+](=O)[O-])cc(-c2ccccc2)n1. The van der Waals surface area contributed by atoms with Gasteiger partial charge in [-0.25, -0.2) is 4.98 Å². The van der Waals surface area contributed by atoms with Crippen molar-refractivity contribution in [2.24, 2.45) is 0 Å². The summed E-state index contributed by atoms with van der Waals surface area (Å²) in [7, 11) is 0. The van der Waals surface area contributed by atoms with Crippen LogP contribution in [0, 0.1) is 10.1 Å². The molecule has 0 saturated heterocycles. The van der Waals surface area contributed by atoms with Gasteiger partial charge < -0.3 is 10.6 Å². The summed E-state index contributed by atoms with van der Waals surface area (Å²) in [5.74, 6) is 0.862. The molecule has 0 atom stereocenters. The molecule has 0 fully saturated rings. The quantitative estimate of drug-likeness (QED) is 0.475. The maximum absolute atomic E-state index is 11.3. The van der Waals surface area contributed by atoms with Gasteiger partial charge in [0.25, 0.3) is 5.69 Å². The third-order valence-electron chi connectivity index (χ3n) is 3.55. The Bertz CT molecular complexity index is 934. The van der Waals surface area contributed by atoms with Crippen LogP contribution in [0.3, 0.4) is 0 Å². The summed E-state index contributed by atoms with van der Waals surface area (Å²) < 4.78 is 0. The highest BCUT2D eigenvalue weighted by molar-refractivity contribution is 6.31. The molecule has 8 heteroatoms. The van der Waals surface area contributed by atoms with Crippen molar-refractivity contribution in [3.63, 3.8) is 0 Å². The number of aromatic nitrogens is 2. The molecule has 3 rings (SSSR count). The molecule has 132 valence electrons. The van der Waals surface area contributed by atoms with E-state index >= 15 is 0 Å². The average Bonchev–Trinajstić information content (AvgIpc) is 2.62. The van der Waals surface area contributed by atoms with E-state index < -0.39 is 4.92 Å². The lowest BCUT2D eigenvalue weighted by Gasteiger charge is -2.11. The standard InChI is InChI=1S/C18H16ClN5O2/c1-2-20-18-22-14(12-6-4-3-5-7-12)11-17(23-18)21-15-10-13(19)8-9-16(15)24(25)26/h3-11H,2H2,1H3,(H2,20,21,22,23). The monoisotopic (exact) mass is 369 g/mol. The van der Waals surface area contributed by atoms with Crippen molar-refractivity contribution in [2.45, 2.75) is 6.92 Å². The first kappa shape index (κ1) is 17.6. The summed E-state index contributed by atoms with van der Waals surface area (Å²) >= 11 is 5.99. The molecule has 0 unspecified atom stereocenters. The molecule has 2 N–H and O–H groups in total. The van der Waals surface area contributed by atoms with Crippen molar-refractivity contribution in [2.75, 3.05) is 17.2 Å². The molecule has 3 aromatic rings. The van der Waals surface area contributed by atoms with Gasteiger partial charge in [-0.05, 0) is 19.1 Å². The lowest BCUT2D eigenvalue weighted by atomic mass is 10.1. The highest BCUT2D eigenvalue weighted by atomic mass is 35.5. The van der Waals surface area contributed by atoms with Crippen LogP contribution in [0.2, 0.25) is 5.02 Å². The van der Waals surface area contributed by atoms with Gasteiger partial charge in [0.2, 0.25) is 5.95 Å². The second-order valence-corrected chi connectivity index (χ2v) is 5.84. The number of hydrogen-bond acceptors (Lipinski definition) is 6. The normalized spacial score (nSPS) is 10.4. The van der Waals surface area contributed by atoms with Gasteiger partial charge in [-0.2, -0.15) is 4.98 Å². The van der Waals surface area contributed by atoms with Gasteiger partial charge in [0.05, 0.1) is 10.6 Å². The zero-order chi connectivity index (χ0) is 18.5. The zero-order valence-corrected chi connectivity index (χ0v) is 14.7. The molecule has 0 amide bonds. The van der Waals surface area contributed by atoms with Gasteiger partial charge in [-0.3, -0.25) is 10.1 Å². The number of nitrogens with zero attached hydrogens (tertiary/aromatic N) is 3. The lowest BCUT2D eigenvalue weighted by Crippen LogP contribution is -2.06. The van der Waals surface area contributed by atoms with Crippen LogP contribution in [0.1, 0.15) is 6.92 Å². The number of halogens is 1. The largest absolute Gasteiger partial charge is 0.354 e. The first-order chi connectivity index (χ1) is 12.6. The molecule has 7 nitrogen and oxygen atoms in total. The van der Waals surface area contributed by atoms with Gasteiger partial charge in [0.15, 0.2) is 0 Å². The van der Waals surface area contributed by atoms with Crippen LogP contribution in [-0.2, 0) is 0 Å². The molecule has 0 aliphatic rings. The minimum Gasteiger partial charge on any atom is -0.354 e. The third kappa shape index (κ3) is 4.07. The number of rotatable bonds is 6. The third-order valence-corrected chi connectivity index (χ3v) is 3.78. The van der Waals surface area contributed by atoms with E-state index in [0.717, 1.165) is 5.56 Å². The van der Waals surface area contributed by atoms with Crippen LogP contribution >= 0.6 is 11.6 Å². The maximum Gasteiger partial charge on any atom is 0.292 e. The van der Waals surface area contributed by atoms with E-state index in [0.29, 0.717) is 29.0 Å². The summed E-state index contributed by atoms with van der Waals surface area (Å²) in [6.07, 6.45) is 0. The molecule has 1 heterocycles. The predicted molar refractivity (Wildman–Crippen MR) is 103 cm³/mol. The van der Waals surface area contributed by atoms with Gasteiger partial charge in [0, 0.05) is 29.3 Å². The van der Waals surface area contributed by atoms with E-state index in [-0.39, 0.29) is 11.4 Å². The minimum atomic E-state index is -0.469. The maximum atomic E-state index is 11.3. The Kier molecular flexibility index (Phi) is 5.28. The highest BCUT2D eigenvalue weighted by Crippen LogP contribution is 2.31. The molecular formula is C18H16ClN5O2. The summed E-state index contributed by atoms with van der Waals surface area (Å²) in [5, 5.41) is 17.7. The summed E-state index contributed by atoms with van der Waals surface area (Å²) in [4.78, 5) is 19.7. The van der Waals surface area contributed by atoms with Gasteiger partial charge in [-0.1, -0.05) is 41.9 Å². The van der Waals surface area contributed by atoms with E-state index in [1.165, 1.54) is 18.2 Å². The molecule has 0 radical (unpaired) electrons. The highest BCUT2D eigenvalue weighted by Gasteiger charge is 2.15. The van der Waals surface area contributed by atoms with Gasteiger partial charge in [0.1, 0.15) is 11.5 Å². The Balaban J connectivity index is 2.04. The van der Waals surface area contributed by atoms with Crippen LogP contribution < -0.4 is 10.6 Å². The van der Waals surface area contributed by atoms with E-state index in [1.807, 2.05) is 37.3 Å². The Morgan fingerprint density at radius 1 is 1.12 bits per heavy atom. The van der Waals surface area contributed by atoms with Crippen LogP contribution in [0.5, 0.6) is 0 Å². The zero-order valence-electron chi connectivity index (χ0n) is 13.9. The second-order valence-electron chi connectivity index (χ2n) is 5.40.